The minimum atomic E-state index is -0.553. The number of non-ortho nitro benzene ring substituents is 1. The Balaban J connectivity index is 1.94. The van der Waals surface area contributed by atoms with E-state index < -0.39 is 10.8 Å². The maximum atomic E-state index is 11.9. The van der Waals surface area contributed by atoms with Crippen LogP contribution in [0.25, 0.3) is 0 Å². The number of nitro groups is 1. The van der Waals surface area contributed by atoms with Gasteiger partial charge in [-0.2, -0.15) is 5.10 Å². The number of ether oxygens (including phenoxy) is 1. The number of carbonyl (C=O) groups is 1. The number of nitro benzene ring substituents is 1. The van der Waals surface area contributed by atoms with Gasteiger partial charge in [0.05, 0.1) is 17.7 Å². The average molecular weight is 327 g/mol. The van der Waals surface area contributed by atoms with Gasteiger partial charge in [-0.3, -0.25) is 14.9 Å². The number of hydrazone groups is 1. The smallest absolute Gasteiger partial charge is 0.271 e. The molecule has 0 atom stereocenters. The Bertz CT molecular complexity index is 742. The second-order valence-electron chi connectivity index (χ2n) is 4.92. The van der Waals surface area contributed by atoms with Crippen LogP contribution in [0.5, 0.6) is 5.75 Å². The van der Waals surface area contributed by atoms with E-state index in [9.17, 15) is 14.9 Å². The SMILES string of the molecule is CCCOc1ccc(/C=N\NC(=O)c2cccc([N+](=O)[O-])c2)cc1. The second-order valence-corrected chi connectivity index (χ2v) is 4.92. The lowest BCUT2D eigenvalue weighted by Crippen LogP contribution is -2.17. The quantitative estimate of drug-likeness (QED) is 0.480. The molecule has 1 N–H and O–H groups in total. The number of amides is 1. The van der Waals surface area contributed by atoms with Crippen molar-refractivity contribution in [1.29, 1.82) is 0 Å². The molecule has 7 heteroatoms. The van der Waals surface area contributed by atoms with E-state index in [2.05, 4.69) is 10.5 Å². The fraction of sp³-hybridized carbons (Fsp3) is 0.176. The van der Waals surface area contributed by atoms with Gasteiger partial charge in [0.15, 0.2) is 0 Å². The Hall–Kier alpha value is -3.22. The highest BCUT2D eigenvalue weighted by atomic mass is 16.6. The lowest BCUT2D eigenvalue weighted by molar-refractivity contribution is -0.384. The molecule has 0 spiro atoms. The number of hydrogen-bond acceptors (Lipinski definition) is 5. The molecule has 2 aromatic carbocycles. The lowest BCUT2D eigenvalue weighted by atomic mass is 10.2. The number of benzene rings is 2. The number of rotatable bonds is 7. The van der Waals surface area contributed by atoms with Crippen molar-refractivity contribution in [3.05, 3.63) is 69.8 Å². The van der Waals surface area contributed by atoms with Crippen LogP contribution in [0.15, 0.2) is 53.6 Å². The van der Waals surface area contributed by atoms with Gasteiger partial charge >= 0.3 is 0 Å². The topological polar surface area (TPSA) is 93.8 Å². The normalized spacial score (nSPS) is 10.5. The first-order chi connectivity index (χ1) is 11.6. The molecule has 0 fully saturated rings. The van der Waals surface area contributed by atoms with Crippen LogP contribution in [-0.4, -0.2) is 23.7 Å². The molecule has 0 saturated carbocycles. The van der Waals surface area contributed by atoms with Crippen LogP contribution in [0.1, 0.15) is 29.3 Å². The van der Waals surface area contributed by atoms with E-state index in [4.69, 9.17) is 4.74 Å². The molecule has 0 aliphatic heterocycles. The Morgan fingerprint density at radius 1 is 1.29 bits per heavy atom. The Morgan fingerprint density at radius 3 is 2.71 bits per heavy atom. The number of nitrogens with zero attached hydrogens (tertiary/aromatic N) is 2. The first-order valence-corrected chi connectivity index (χ1v) is 7.41. The van der Waals surface area contributed by atoms with Crippen LogP contribution in [0.3, 0.4) is 0 Å². The van der Waals surface area contributed by atoms with Gasteiger partial charge in [0, 0.05) is 17.7 Å². The first kappa shape index (κ1) is 17.1. The van der Waals surface area contributed by atoms with Crippen LogP contribution >= 0.6 is 0 Å². The van der Waals surface area contributed by atoms with Crippen molar-refractivity contribution in [2.75, 3.05) is 6.61 Å². The summed E-state index contributed by atoms with van der Waals surface area (Å²) in [5, 5.41) is 14.6. The summed E-state index contributed by atoms with van der Waals surface area (Å²) in [6.07, 6.45) is 2.42. The molecule has 0 aliphatic carbocycles. The van der Waals surface area contributed by atoms with Crippen LogP contribution < -0.4 is 10.2 Å². The van der Waals surface area contributed by atoms with Crippen molar-refractivity contribution in [3.63, 3.8) is 0 Å². The van der Waals surface area contributed by atoms with Crippen molar-refractivity contribution in [2.24, 2.45) is 5.10 Å². The van der Waals surface area contributed by atoms with E-state index in [1.807, 2.05) is 31.2 Å². The molecule has 124 valence electrons. The van der Waals surface area contributed by atoms with Crippen molar-refractivity contribution in [1.82, 2.24) is 5.43 Å². The summed E-state index contributed by atoms with van der Waals surface area (Å²) in [7, 11) is 0. The number of carbonyl (C=O) groups excluding carboxylic acids is 1. The zero-order chi connectivity index (χ0) is 17.4. The van der Waals surface area contributed by atoms with Gasteiger partial charge in [0.1, 0.15) is 5.75 Å². The molecule has 0 bridgehead atoms. The van der Waals surface area contributed by atoms with Gasteiger partial charge in [-0.05, 0) is 42.3 Å². The van der Waals surface area contributed by atoms with E-state index in [-0.39, 0.29) is 11.3 Å². The minimum absolute atomic E-state index is 0.144. The monoisotopic (exact) mass is 327 g/mol. The number of hydrogen-bond donors (Lipinski definition) is 1. The van der Waals surface area contributed by atoms with Crippen LogP contribution in [0, 0.1) is 10.1 Å². The fourth-order valence-electron chi connectivity index (χ4n) is 1.86. The van der Waals surface area contributed by atoms with Gasteiger partial charge in [-0.25, -0.2) is 5.43 Å². The first-order valence-electron chi connectivity index (χ1n) is 7.41. The molecule has 0 aromatic heterocycles. The third-order valence-corrected chi connectivity index (χ3v) is 3.05. The average Bonchev–Trinajstić information content (AvgIpc) is 2.61. The Labute approximate surface area is 139 Å². The van der Waals surface area contributed by atoms with Crippen LogP contribution in [0.4, 0.5) is 5.69 Å². The van der Waals surface area contributed by atoms with E-state index in [1.165, 1.54) is 30.5 Å². The Morgan fingerprint density at radius 2 is 2.04 bits per heavy atom. The summed E-state index contributed by atoms with van der Waals surface area (Å²) < 4.78 is 5.47. The highest BCUT2D eigenvalue weighted by molar-refractivity contribution is 5.95. The van der Waals surface area contributed by atoms with E-state index in [0.717, 1.165) is 17.7 Å². The molecule has 2 aromatic rings. The van der Waals surface area contributed by atoms with Crippen molar-refractivity contribution in [3.8, 4) is 5.75 Å². The largest absolute Gasteiger partial charge is 0.494 e. The maximum absolute atomic E-state index is 11.9. The van der Waals surface area contributed by atoms with Gasteiger partial charge in [0.2, 0.25) is 0 Å². The van der Waals surface area contributed by atoms with E-state index >= 15 is 0 Å². The predicted molar refractivity (Wildman–Crippen MR) is 90.4 cm³/mol. The summed E-state index contributed by atoms with van der Waals surface area (Å²) >= 11 is 0. The molecule has 7 nitrogen and oxygen atoms in total. The Kier molecular flexibility index (Phi) is 6.01. The molecule has 0 unspecified atom stereocenters. The molecule has 0 aliphatic rings. The summed E-state index contributed by atoms with van der Waals surface area (Å²) in [5.41, 5.74) is 3.16. The highest BCUT2D eigenvalue weighted by Gasteiger charge is 2.10. The van der Waals surface area contributed by atoms with E-state index in [1.54, 1.807) is 0 Å². The van der Waals surface area contributed by atoms with E-state index in [0.29, 0.717) is 6.61 Å². The summed E-state index contributed by atoms with van der Waals surface area (Å²) in [5.74, 6) is 0.257. The minimum Gasteiger partial charge on any atom is -0.494 e. The third-order valence-electron chi connectivity index (χ3n) is 3.05. The molecular weight excluding hydrogens is 310 g/mol. The summed E-state index contributed by atoms with van der Waals surface area (Å²) in [6.45, 7) is 2.69. The molecule has 0 heterocycles. The van der Waals surface area contributed by atoms with Crippen molar-refractivity contribution >= 4 is 17.8 Å². The van der Waals surface area contributed by atoms with Crippen molar-refractivity contribution < 1.29 is 14.5 Å². The zero-order valence-corrected chi connectivity index (χ0v) is 13.1. The second kappa shape index (κ2) is 8.42. The fourth-order valence-corrected chi connectivity index (χ4v) is 1.86. The molecule has 24 heavy (non-hydrogen) atoms. The molecule has 2 rings (SSSR count). The zero-order valence-electron chi connectivity index (χ0n) is 13.1. The van der Waals surface area contributed by atoms with Crippen LogP contribution in [0.2, 0.25) is 0 Å². The maximum Gasteiger partial charge on any atom is 0.271 e. The van der Waals surface area contributed by atoms with Gasteiger partial charge in [-0.15, -0.1) is 0 Å². The van der Waals surface area contributed by atoms with Crippen LogP contribution in [-0.2, 0) is 0 Å². The molecule has 0 saturated heterocycles. The summed E-state index contributed by atoms with van der Waals surface area (Å²) in [4.78, 5) is 22.1. The number of nitrogens with one attached hydrogen (secondary N) is 1. The highest BCUT2D eigenvalue weighted by Crippen LogP contribution is 2.13. The lowest BCUT2D eigenvalue weighted by Gasteiger charge is -2.04. The third kappa shape index (κ3) is 4.91. The van der Waals surface area contributed by atoms with Gasteiger partial charge < -0.3 is 4.74 Å². The molecule has 0 radical (unpaired) electrons. The molecule has 1 amide bonds. The van der Waals surface area contributed by atoms with Gasteiger partial charge in [0.25, 0.3) is 11.6 Å². The standard InChI is InChI=1S/C17H17N3O4/c1-2-10-24-16-8-6-13(7-9-16)12-18-19-17(21)14-4-3-5-15(11-14)20(22)23/h3-9,11-12H,2,10H2,1H3,(H,19,21)/b18-12-. The predicted octanol–water partition coefficient (Wildman–Crippen LogP) is 3.15. The van der Waals surface area contributed by atoms with Gasteiger partial charge in [-0.1, -0.05) is 13.0 Å². The summed E-state index contributed by atoms with van der Waals surface area (Å²) in [6, 6.07) is 12.7. The molecular formula is C17H17N3O4. The van der Waals surface area contributed by atoms with Crippen molar-refractivity contribution in [2.45, 2.75) is 13.3 Å².